The predicted octanol–water partition coefficient (Wildman–Crippen LogP) is 3.87. The van der Waals surface area contributed by atoms with Gasteiger partial charge in [0.15, 0.2) is 0 Å². The Morgan fingerprint density at radius 3 is 2.71 bits per heavy atom. The predicted molar refractivity (Wildman–Crippen MR) is 67.5 cm³/mol. The van der Waals surface area contributed by atoms with Crippen LogP contribution in [0.2, 0.25) is 0 Å². The summed E-state index contributed by atoms with van der Waals surface area (Å²) in [4.78, 5) is 11.7. The van der Waals surface area contributed by atoms with Crippen LogP contribution >= 0.6 is 0 Å². The summed E-state index contributed by atoms with van der Waals surface area (Å²) < 4.78 is 5.45. The lowest BCUT2D eigenvalue weighted by molar-refractivity contribution is -0.144. The molecule has 2 atom stereocenters. The van der Waals surface area contributed by atoms with Crippen LogP contribution in [0.15, 0.2) is 30.3 Å². The Kier molecular flexibility index (Phi) is 4.18. The molecule has 0 N–H and O–H groups in total. The van der Waals surface area contributed by atoms with E-state index in [1.165, 1.54) is 12.8 Å². The molecule has 0 spiro atoms. The Morgan fingerprint density at radius 2 is 2.00 bits per heavy atom. The second-order valence-electron chi connectivity index (χ2n) is 4.76. The van der Waals surface area contributed by atoms with Gasteiger partial charge in [0, 0.05) is 6.42 Å². The molecule has 0 radical (unpaired) electrons. The Bertz CT molecular complexity index is 358. The third-order valence-electron chi connectivity index (χ3n) is 3.42. The molecule has 0 aromatic heterocycles. The minimum Gasteiger partial charge on any atom is -0.457 e. The van der Waals surface area contributed by atoms with E-state index in [0.29, 0.717) is 0 Å². The highest BCUT2D eigenvalue weighted by Gasteiger charge is 2.34. The number of carbonyl (C=O) groups is 1. The van der Waals surface area contributed by atoms with Crippen LogP contribution in [0.3, 0.4) is 0 Å². The molecule has 0 unspecified atom stereocenters. The van der Waals surface area contributed by atoms with E-state index in [4.69, 9.17) is 4.74 Å². The van der Waals surface area contributed by atoms with Gasteiger partial charge in [0.1, 0.15) is 6.10 Å². The Morgan fingerprint density at radius 1 is 1.24 bits per heavy atom. The zero-order valence-electron chi connectivity index (χ0n) is 10.4. The molecule has 1 fully saturated rings. The molecule has 1 saturated heterocycles. The van der Waals surface area contributed by atoms with Crippen molar-refractivity contribution in [1.29, 1.82) is 0 Å². The van der Waals surface area contributed by atoms with Crippen molar-refractivity contribution in [3.8, 4) is 0 Å². The van der Waals surface area contributed by atoms with Crippen molar-refractivity contribution in [3.63, 3.8) is 0 Å². The van der Waals surface area contributed by atoms with Gasteiger partial charge in [-0.15, -0.1) is 0 Å². The summed E-state index contributed by atoms with van der Waals surface area (Å²) in [6, 6.07) is 10.0. The Labute approximate surface area is 103 Å². The molecule has 2 nitrogen and oxygen atoms in total. The van der Waals surface area contributed by atoms with Gasteiger partial charge >= 0.3 is 5.97 Å². The van der Waals surface area contributed by atoms with Crippen LogP contribution in [0.5, 0.6) is 0 Å². The van der Waals surface area contributed by atoms with Crippen LogP contribution in [0, 0.1) is 5.92 Å². The highest BCUT2D eigenvalue weighted by Crippen LogP contribution is 2.35. The zero-order valence-corrected chi connectivity index (χ0v) is 10.4. The van der Waals surface area contributed by atoms with Crippen molar-refractivity contribution in [3.05, 3.63) is 35.9 Å². The molecule has 2 heteroatoms. The average molecular weight is 232 g/mol. The number of esters is 1. The van der Waals surface area contributed by atoms with Gasteiger partial charge in [-0.1, -0.05) is 56.5 Å². The first kappa shape index (κ1) is 12.2. The molecule has 1 aromatic carbocycles. The maximum Gasteiger partial charge on any atom is 0.309 e. The molecular weight excluding hydrogens is 212 g/mol. The van der Waals surface area contributed by atoms with Crippen LogP contribution in [-0.2, 0) is 9.53 Å². The highest BCUT2D eigenvalue weighted by molar-refractivity contribution is 5.74. The van der Waals surface area contributed by atoms with E-state index in [2.05, 4.69) is 6.92 Å². The summed E-state index contributed by atoms with van der Waals surface area (Å²) in [5.41, 5.74) is 1.12. The molecule has 0 amide bonds. The summed E-state index contributed by atoms with van der Waals surface area (Å²) in [5, 5.41) is 0. The first-order valence-electron chi connectivity index (χ1n) is 6.56. The van der Waals surface area contributed by atoms with Gasteiger partial charge in [-0.2, -0.15) is 0 Å². The maximum absolute atomic E-state index is 11.7. The minimum absolute atomic E-state index is 0.00467. The molecular formula is C15H20O2. The molecule has 0 bridgehead atoms. The first-order chi connectivity index (χ1) is 8.31. The van der Waals surface area contributed by atoms with Crippen molar-refractivity contribution in [1.82, 2.24) is 0 Å². The van der Waals surface area contributed by atoms with E-state index >= 15 is 0 Å². The Hall–Kier alpha value is -1.31. The monoisotopic (exact) mass is 232 g/mol. The topological polar surface area (TPSA) is 26.3 Å². The zero-order chi connectivity index (χ0) is 12.1. The summed E-state index contributed by atoms with van der Waals surface area (Å²) in [7, 11) is 0. The van der Waals surface area contributed by atoms with Gasteiger partial charge in [0.05, 0.1) is 5.92 Å². The summed E-state index contributed by atoms with van der Waals surface area (Å²) in [6.07, 6.45) is 5.36. The van der Waals surface area contributed by atoms with E-state index in [9.17, 15) is 4.79 Å². The average Bonchev–Trinajstić information content (AvgIpc) is 2.73. The Balaban J connectivity index is 1.91. The molecule has 0 saturated carbocycles. The number of cyclic esters (lactones) is 1. The summed E-state index contributed by atoms with van der Waals surface area (Å²) in [6.45, 7) is 2.18. The maximum atomic E-state index is 11.7. The van der Waals surface area contributed by atoms with Crippen molar-refractivity contribution in [2.45, 2.75) is 45.1 Å². The summed E-state index contributed by atoms with van der Waals surface area (Å²) in [5.74, 6) is 0.113. The fourth-order valence-corrected chi connectivity index (χ4v) is 2.39. The van der Waals surface area contributed by atoms with Crippen molar-refractivity contribution in [2.75, 3.05) is 0 Å². The molecule has 0 aliphatic carbocycles. The number of hydrogen-bond donors (Lipinski definition) is 0. The molecule has 92 valence electrons. The number of hydrogen-bond acceptors (Lipinski definition) is 2. The molecule has 1 heterocycles. The quantitative estimate of drug-likeness (QED) is 0.569. The van der Waals surface area contributed by atoms with Crippen LogP contribution in [0.25, 0.3) is 0 Å². The van der Waals surface area contributed by atoms with Crippen molar-refractivity contribution >= 4 is 5.97 Å². The van der Waals surface area contributed by atoms with E-state index in [1.54, 1.807) is 0 Å². The van der Waals surface area contributed by atoms with Gasteiger partial charge in [-0.25, -0.2) is 0 Å². The lowest BCUT2D eigenvalue weighted by atomic mass is 9.95. The number of rotatable bonds is 5. The second kappa shape index (κ2) is 5.85. The van der Waals surface area contributed by atoms with Crippen LogP contribution in [0.4, 0.5) is 0 Å². The standard InChI is InChI=1S/C15H20O2/c1-2-3-5-10-13-11-14(17-15(13)16)12-8-6-4-7-9-12/h4,6-9,13-14H,2-3,5,10-11H2,1H3/t13-,14+/m1/s1. The number of unbranched alkanes of at least 4 members (excludes halogenated alkanes) is 2. The SMILES string of the molecule is CCCCC[C@@H]1C[C@@H](c2ccccc2)OC1=O. The number of benzene rings is 1. The van der Waals surface area contributed by atoms with Gasteiger partial charge in [-0.3, -0.25) is 4.79 Å². The van der Waals surface area contributed by atoms with Gasteiger partial charge in [0.2, 0.25) is 0 Å². The summed E-state index contributed by atoms with van der Waals surface area (Å²) >= 11 is 0. The molecule has 17 heavy (non-hydrogen) atoms. The van der Waals surface area contributed by atoms with E-state index in [0.717, 1.165) is 24.8 Å². The van der Waals surface area contributed by atoms with Crippen molar-refractivity contribution in [2.24, 2.45) is 5.92 Å². The van der Waals surface area contributed by atoms with Gasteiger partial charge in [-0.05, 0) is 12.0 Å². The van der Waals surface area contributed by atoms with E-state index < -0.39 is 0 Å². The first-order valence-corrected chi connectivity index (χ1v) is 6.56. The normalized spacial score (nSPS) is 23.7. The lowest BCUT2D eigenvalue weighted by Gasteiger charge is -2.08. The second-order valence-corrected chi connectivity index (χ2v) is 4.76. The highest BCUT2D eigenvalue weighted by atomic mass is 16.5. The molecule has 2 rings (SSSR count). The molecule has 1 aliphatic rings. The van der Waals surface area contributed by atoms with Gasteiger partial charge in [0.25, 0.3) is 0 Å². The van der Waals surface area contributed by atoms with E-state index in [-0.39, 0.29) is 18.0 Å². The van der Waals surface area contributed by atoms with E-state index in [1.807, 2.05) is 30.3 Å². The third-order valence-corrected chi connectivity index (χ3v) is 3.42. The lowest BCUT2D eigenvalue weighted by Crippen LogP contribution is -2.06. The molecule has 1 aliphatic heterocycles. The fourth-order valence-electron chi connectivity index (χ4n) is 2.39. The number of carbonyl (C=O) groups excluding carboxylic acids is 1. The van der Waals surface area contributed by atoms with Crippen LogP contribution in [-0.4, -0.2) is 5.97 Å². The fraction of sp³-hybridized carbons (Fsp3) is 0.533. The van der Waals surface area contributed by atoms with Gasteiger partial charge < -0.3 is 4.74 Å². The number of ether oxygens (including phenoxy) is 1. The smallest absolute Gasteiger partial charge is 0.309 e. The molecule has 1 aromatic rings. The van der Waals surface area contributed by atoms with Crippen molar-refractivity contribution < 1.29 is 9.53 Å². The van der Waals surface area contributed by atoms with Crippen LogP contribution in [0.1, 0.15) is 50.7 Å². The minimum atomic E-state index is -0.0182. The third kappa shape index (κ3) is 3.09. The van der Waals surface area contributed by atoms with Crippen LogP contribution < -0.4 is 0 Å². The largest absolute Gasteiger partial charge is 0.457 e.